The normalized spacial score (nSPS) is 16.2. The maximum absolute atomic E-state index is 5.55. The lowest BCUT2D eigenvalue weighted by Crippen LogP contribution is -2.03. The summed E-state index contributed by atoms with van der Waals surface area (Å²) in [5.41, 5.74) is 3.11. The molecule has 0 saturated carbocycles. The minimum atomic E-state index is -0.412. The van der Waals surface area contributed by atoms with Crippen LogP contribution in [-0.2, 0) is 9.47 Å². The fraction of sp³-hybridized carbons (Fsp3) is 0.231. The van der Waals surface area contributed by atoms with E-state index >= 15 is 0 Å². The van der Waals surface area contributed by atoms with Gasteiger partial charge in [0, 0.05) is 5.39 Å². The number of aliphatic imine (C=N–C) groups is 1. The minimum absolute atomic E-state index is 0.412. The Morgan fingerprint density at radius 2 is 2.10 bits per heavy atom. The van der Waals surface area contributed by atoms with Crippen LogP contribution < -0.4 is 0 Å². The molecule has 0 N–H and O–H groups in total. The summed E-state index contributed by atoms with van der Waals surface area (Å²) in [6, 6.07) is 7.74. The molecular formula is C13H11N5O2. The van der Waals surface area contributed by atoms with Crippen LogP contribution in [0, 0.1) is 0 Å². The summed E-state index contributed by atoms with van der Waals surface area (Å²) in [5.74, 6) is 0. The average Bonchev–Trinajstić information content (AvgIpc) is 3.17. The standard InChI is InChI=1S/C13H11N5O2/c1-14-9-3-2-8-6-10(13-19-4-5-20-13)12-15-16-17-18(12)11(8)7-9/h2-3,6-7,13H,1,4-5H2. The first-order valence-corrected chi connectivity index (χ1v) is 6.21. The van der Waals surface area contributed by atoms with Crippen LogP contribution in [0.25, 0.3) is 16.6 Å². The predicted molar refractivity (Wildman–Crippen MR) is 72.1 cm³/mol. The third-order valence-corrected chi connectivity index (χ3v) is 3.34. The zero-order valence-corrected chi connectivity index (χ0v) is 10.6. The Balaban J connectivity index is 2.04. The van der Waals surface area contributed by atoms with Crippen molar-refractivity contribution in [3.05, 3.63) is 29.8 Å². The number of hydrogen-bond acceptors (Lipinski definition) is 6. The van der Waals surface area contributed by atoms with Crippen molar-refractivity contribution in [3.8, 4) is 0 Å². The van der Waals surface area contributed by atoms with E-state index < -0.39 is 6.29 Å². The van der Waals surface area contributed by atoms with Crippen molar-refractivity contribution < 1.29 is 9.47 Å². The number of ether oxygens (including phenoxy) is 2. The van der Waals surface area contributed by atoms with Gasteiger partial charge in [0.2, 0.25) is 0 Å². The van der Waals surface area contributed by atoms with E-state index in [1.165, 1.54) is 0 Å². The highest BCUT2D eigenvalue weighted by atomic mass is 16.7. The lowest BCUT2D eigenvalue weighted by molar-refractivity contribution is -0.0432. The predicted octanol–water partition coefficient (Wildman–Crippen LogP) is 1.66. The molecule has 0 aliphatic carbocycles. The van der Waals surface area contributed by atoms with Gasteiger partial charge >= 0.3 is 0 Å². The third-order valence-electron chi connectivity index (χ3n) is 3.34. The lowest BCUT2D eigenvalue weighted by Gasteiger charge is -2.11. The number of benzene rings is 1. The molecule has 0 amide bonds. The number of nitrogens with zero attached hydrogens (tertiary/aromatic N) is 5. The summed E-state index contributed by atoms with van der Waals surface area (Å²) in [6.45, 7) is 4.69. The molecular weight excluding hydrogens is 258 g/mol. The molecule has 3 aromatic rings. The third kappa shape index (κ3) is 1.60. The number of aromatic nitrogens is 4. The van der Waals surface area contributed by atoms with E-state index in [0.29, 0.717) is 18.9 Å². The van der Waals surface area contributed by atoms with E-state index in [4.69, 9.17) is 9.47 Å². The van der Waals surface area contributed by atoms with Crippen LogP contribution in [-0.4, -0.2) is 40.0 Å². The Labute approximate surface area is 113 Å². The van der Waals surface area contributed by atoms with Gasteiger partial charge in [-0.3, -0.25) is 4.99 Å². The van der Waals surface area contributed by atoms with E-state index in [1.807, 2.05) is 24.3 Å². The number of tetrazole rings is 1. The second-order valence-corrected chi connectivity index (χ2v) is 4.49. The van der Waals surface area contributed by atoms with Gasteiger partial charge in [-0.2, -0.15) is 4.52 Å². The summed E-state index contributed by atoms with van der Waals surface area (Å²) < 4.78 is 12.8. The molecule has 0 unspecified atom stereocenters. The first-order valence-electron chi connectivity index (χ1n) is 6.21. The fourth-order valence-corrected chi connectivity index (χ4v) is 2.41. The number of fused-ring (bicyclic) bond motifs is 3. The van der Waals surface area contributed by atoms with Gasteiger partial charge in [0.25, 0.3) is 0 Å². The van der Waals surface area contributed by atoms with Crippen molar-refractivity contribution in [1.29, 1.82) is 0 Å². The first-order chi connectivity index (χ1) is 9.86. The topological polar surface area (TPSA) is 73.9 Å². The zero-order chi connectivity index (χ0) is 13.5. The van der Waals surface area contributed by atoms with Crippen LogP contribution in [0.3, 0.4) is 0 Å². The Kier molecular flexibility index (Phi) is 2.48. The summed E-state index contributed by atoms with van der Waals surface area (Å²) in [4.78, 5) is 3.93. The van der Waals surface area contributed by atoms with Gasteiger partial charge in [0.1, 0.15) is 0 Å². The monoisotopic (exact) mass is 269 g/mol. The largest absolute Gasteiger partial charge is 0.346 e. The molecule has 7 heteroatoms. The van der Waals surface area contributed by atoms with E-state index in [0.717, 1.165) is 22.2 Å². The number of rotatable bonds is 2. The molecule has 0 bridgehead atoms. The van der Waals surface area contributed by atoms with Gasteiger partial charge in [-0.05, 0) is 35.3 Å². The summed E-state index contributed by atoms with van der Waals surface area (Å²) in [5, 5.41) is 12.8. The van der Waals surface area contributed by atoms with Crippen LogP contribution in [0.15, 0.2) is 29.3 Å². The minimum Gasteiger partial charge on any atom is -0.346 e. The molecule has 100 valence electrons. The van der Waals surface area contributed by atoms with Gasteiger partial charge in [-0.25, -0.2) is 0 Å². The van der Waals surface area contributed by atoms with Gasteiger partial charge in [0.15, 0.2) is 11.9 Å². The highest BCUT2D eigenvalue weighted by Gasteiger charge is 2.23. The molecule has 0 spiro atoms. The summed E-state index contributed by atoms with van der Waals surface area (Å²) in [7, 11) is 0. The van der Waals surface area contributed by atoms with E-state index in [9.17, 15) is 0 Å². The van der Waals surface area contributed by atoms with Crippen molar-refractivity contribution in [2.45, 2.75) is 6.29 Å². The van der Waals surface area contributed by atoms with Gasteiger partial charge in [-0.15, -0.1) is 5.10 Å². The Morgan fingerprint density at radius 3 is 2.90 bits per heavy atom. The second-order valence-electron chi connectivity index (χ2n) is 4.49. The molecule has 0 atom stereocenters. The van der Waals surface area contributed by atoms with Crippen molar-refractivity contribution in [2.75, 3.05) is 13.2 Å². The van der Waals surface area contributed by atoms with Gasteiger partial charge < -0.3 is 9.47 Å². The molecule has 1 fully saturated rings. The Morgan fingerprint density at radius 1 is 1.25 bits per heavy atom. The smallest absolute Gasteiger partial charge is 0.188 e. The molecule has 1 aliphatic rings. The molecule has 1 aromatic carbocycles. The Bertz CT molecular complexity index is 807. The van der Waals surface area contributed by atoms with Crippen molar-refractivity contribution in [2.24, 2.45) is 4.99 Å². The quantitative estimate of drug-likeness (QED) is 0.661. The van der Waals surface area contributed by atoms with Crippen LogP contribution in [0.4, 0.5) is 5.69 Å². The lowest BCUT2D eigenvalue weighted by atomic mass is 10.1. The summed E-state index contributed by atoms with van der Waals surface area (Å²) in [6.07, 6.45) is -0.412. The van der Waals surface area contributed by atoms with Crippen molar-refractivity contribution in [3.63, 3.8) is 0 Å². The Hall–Kier alpha value is -2.38. The highest BCUT2D eigenvalue weighted by Crippen LogP contribution is 2.30. The maximum Gasteiger partial charge on any atom is 0.188 e. The molecule has 4 rings (SSSR count). The molecule has 2 aromatic heterocycles. The number of pyridine rings is 1. The van der Waals surface area contributed by atoms with E-state index in [1.54, 1.807) is 4.52 Å². The SMILES string of the molecule is C=Nc1ccc2cc(C3OCCO3)c3nnnn3c2c1. The maximum atomic E-state index is 5.55. The highest BCUT2D eigenvalue weighted by molar-refractivity contribution is 5.85. The molecule has 20 heavy (non-hydrogen) atoms. The molecule has 0 radical (unpaired) electrons. The van der Waals surface area contributed by atoms with Crippen LogP contribution in [0.1, 0.15) is 11.9 Å². The van der Waals surface area contributed by atoms with Crippen LogP contribution >= 0.6 is 0 Å². The first kappa shape index (κ1) is 11.4. The summed E-state index contributed by atoms with van der Waals surface area (Å²) >= 11 is 0. The molecule has 1 aliphatic heterocycles. The molecule has 7 nitrogen and oxygen atoms in total. The number of hydrogen-bond donors (Lipinski definition) is 0. The van der Waals surface area contributed by atoms with Gasteiger partial charge in [0.05, 0.1) is 30.0 Å². The molecule has 1 saturated heterocycles. The van der Waals surface area contributed by atoms with Gasteiger partial charge in [-0.1, -0.05) is 6.07 Å². The van der Waals surface area contributed by atoms with Crippen molar-refractivity contribution >= 4 is 29.0 Å². The van der Waals surface area contributed by atoms with Crippen LogP contribution in [0.2, 0.25) is 0 Å². The fourth-order valence-electron chi connectivity index (χ4n) is 2.41. The van der Waals surface area contributed by atoms with Crippen LogP contribution in [0.5, 0.6) is 0 Å². The second kappa shape index (κ2) is 4.32. The van der Waals surface area contributed by atoms with E-state index in [-0.39, 0.29) is 0 Å². The zero-order valence-electron chi connectivity index (χ0n) is 10.6. The average molecular weight is 269 g/mol. The van der Waals surface area contributed by atoms with Crippen molar-refractivity contribution in [1.82, 2.24) is 20.0 Å². The molecule has 3 heterocycles. The van der Waals surface area contributed by atoms with E-state index in [2.05, 4.69) is 27.2 Å².